The Morgan fingerprint density at radius 3 is 2.34 bits per heavy atom. The number of ether oxygens (including phenoxy) is 2. The van der Waals surface area contributed by atoms with Crippen molar-refractivity contribution in [2.45, 2.75) is 13.5 Å². The Morgan fingerprint density at radius 2 is 1.69 bits per heavy atom. The van der Waals surface area contributed by atoms with Crippen LogP contribution in [0, 0.1) is 6.92 Å². The molecule has 6 heteroatoms. The summed E-state index contributed by atoms with van der Waals surface area (Å²) in [4.78, 5) is 16.5. The molecule has 3 rings (SSSR count). The lowest BCUT2D eigenvalue weighted by atomic mass is 10.1. The van der Waals surface area contributed by atoms with Crippen molar-refractivity contribution in [1.29, 1.82) is 0 Å². The first-order valence-corrected chi connectivity index (χ1v) is 9.44. The van der Waals surface area contributed by atoms with Crippen molar-refractivity contribution < 1.29 is 14.3 Å². The lowest BCUT2D eigenvalue weighted by Gasteiger charge is -2.09. The number of anilines is 1. The van der Waals surface area contributed by atoms with Crippen molar-refractivity contribution in [3.05, 3.63) is 83.6 Å². The van der Waals surface area contributed by atoms with Gasteiger partial charge in [0.1, 0.15) is 23.9 Å². The highest BCUT2D eigenvalue weighted by atomic mass is 16.5. The number of nitrogens with one attached hydrogen (secondary N) is 2. The standard InChI is InChI=1S/C23H25N3O3/c1-17-3-5-18(6-4-17)15-26-23(27)19-7-12-22(25-16-19)24-13-14-29-21-10-8-20(28-2)9-11-21/h3-12,16H,13-15H2,1-2H3,(H,24,25)(H,26,27). The second kappa shape index (κ2) is 10.1. The molecule has 0 radical (unpaired) electrons. The van der Waals surface area contributed by atoms with Crippen LogP contribution < -0.4 is 20.1 Å². The van der Waals surface area contributed by atoms with E-state index in [-0.39, 0.29) is 5.91 Å². The smallest absolute Gasteiger partial charge is 0.253 e. The summed E-state index contributed by atoms with van der Waals surface area (Å²) >= 11 is 0. The van der Waals surface area contributed by atoms with Crippen LogP contribution in [0.25, 0.3) is 0 Å². The first-order valence-electron chi connectivity index (χ1n) is 9.44. The lowest BCUT2D eigenvalue weighted by Crippen LogP contribution is -2.23. The lowest BCUT2D eigenvalue weighted by molar-refractivity contribution is 0.0950. The minimum atomic E-state index is -0.146. The molecular formula is C23H25N3O3. The highest BCUT2D eigenvalue weighted by molar-refractivity contribution is 5.94. The number of rotatable bonds is 9. The number of pyridine rings is 1. The summed E-state index contributed by atoms with van der Waals surface area (Å²) in [6, 6.07) is 19.0. The highest BCUT2D eigenvalue weighted by Crippen LogP contribution is 2.16. The van der Waals surface area contributed by atoms with E-state index in [2.05, 4.69) is 15.6 Å². The van der Waals surface area contributed by atoms with Crippen molar-refractivity contribution in [3.63, 3.8) is 0 Å². The van der Waals surface area contributed by atoms with Crippen molar-refractivity contribution >= 4 is 11.7 Å². The number of hydrogen-bond acceptors (Lipinski definition) is 5. The summed E-state index contributed by atoms with van der Waals surface area (Å²) in [6.07, 6.45) is 1.57. The molecular weight excluding hydrogens is 366 g/mol. The van der Waals surface area contributed by atoms with Crippen LogP contribution in [-0.4, -0.2) is 31.2 Å². The van der Waals surface area contributed by atoms with Gasteiger partial charge in [-0.2, -0.15) is 0 Å². The Morgan fingerprint density at radius 1 is 0.966 bits per heavy atom. The molecule has 0 aliphatic carbocycles. The zero-order chi connectivity index (χ0) is 20.5. The number of methoxy groups -OCH3 is 1. The molecule has 0 spiro atoms. The van der Waals surface area contributed by atoms with E-state index < -0.39 is 0 Å². The topological polar surface area (TPSA) is 72.5 Å². The quantitative estimate of drug-likeness (QED) is 0.543. The average molecular weight is 391 g/mol. The number of aryl methyl sites for hydroxylation is 1. The van der Waals surface area contributed by atoms with Crippen LogP contribution in [0.5, 0.6) is 11.5 Å². The maximum Gasteiger partial charge on any atom is 0.253 e. The Hall–Kier alpha value is -3.54. The zero-order valence-electron chi connectivity index (χ0n) is 16.6. The summed E-state index contributed by atoms with van der Waals surface area (Å²) in [6.45, 7) is 3.61. The minimum Gasteiger partial charge on any atom is -0.497 e. The average Bonchev–Trinajstić information content (AvgIpc) is 2.77. The zero-order valence-corrected chi connectivity index (χ0v) is 16.6. The first kappa shape index (κ1) is 20.2. The van der Waals surface area contributed by atoms with Crippen molar-refractivity contribution in [2.75, 3.05) is 25.6 Å². The predicted molar refractivity (Wildman–Crippen MR) is 114 cm³/mol. The molecule has 1 amide bonds. The van der Waals surface area contributed by atoms with Crippen LogP contribution in [0.2, 0.25) is 0 Å². The summed E-state index contributed by atoms with van der Waals surface area (Å²) in [5.41, 5.74) is 2.78. The molecule has 29 heavy (non-hydrogen) atoms. The second-order valence-corrected chi connectivity index (χ2v) is 6.55. The van der Waals surface area contributed by atoms with Crippen molar-refractivity contribution in [1.82, 2.24) is 10.3 Å². The molecule has 0 bridgehead atoms. The van der Waals surface area contributed by atoms with E-state index in [1.165, 1.54) is 5.56 Å². The van der Waals surface area contributed by atoms with E-state index >= 15 is 0 Å². The fourth-order valence-corrected chi connectivity index (χ4v) is 2.64. The maximum absolute atomic E-state index is 12.3. The van der Waals surface area contributed by atoms with Crippen molar-refractivity contribution in [2.24, 2.45) is 0 Å². The fraction of sp³-hybridized carbons (Fsp3) is 0.217. The molecule has 0 unspecified atom stereocenters. The third kappa shape index (κ3) is 6.24. The Bertz CT molecular complexity index is 908. The fourth-order valence-electron chi connectivity index (χ4n) is 2.64. The van der Waals surface area contributed by atoms with Gasteiger partial charge in [-0.3, -0.25) is 4.79 Å². The molecule has 0 fully saturated rings. The summed E-state index contributed by atoms with van der Waals surface area (Å²) in [7, 11) is 1.63. The highest BCUT2D eigenvalue weighted by Gasteiger charge is 2.06. The molecule has 3 aromatic rings. The SMILES string of the molecule is COc1ccc(OCCNc2ccc(C(=O)NCc3ccc(C)cc3)cn2)cc1. The van der Waals surface area contributed by atoms with Gasteiger partial charge >= 0.3 is 0 Å². The monoisotopic (exact) mass is 391 g/mol. The number of benzene rings is 2. The van der Waals surface area contributed by atoms with Gasteiger partial charge in [-0.05, 0) is 48.9 Å². The Balaban J connectivity index is 1.40. The molecule has 0 saturated carbocycles. The van der Waals surface area contributed by atoms with Gasteiger partial charge in [0.2, 0.25) is 0 Å². The van der Waals surface area contributed by atoms with Gasteiger partial charge in [0, 0.05) is 12.7 Å². The Kier molecular flexibility index (Phi) is 7.05. The van der Waals surface area contributed by atoms with Gasteiger partial charge in [-0.25, -0.2) is 4.98 Å². The molecule has 6 nitrogen and oxygen atoms in total. The predicted octanol–water partition coefficient (Wildman–Crippen LogP) is 3.82. The molecule has 0 saturated heterocycles. The van der Waals surface area contributed by atoms with Crippen LogP contribution in [0.3, 0.4) is 0 Å². The molecule has 1 aromatic heterocycles. The molecule has 150 valence electrons. The van der Waals surface area contributed by atoms with Gasteiger partial charge in [0.15, 0.2) is 0 Å². The van der Waals surface area contributed by atoms with E-state index in [1.807, 2.05) is 55.5 Å². The van der Waals surface area contributed by atoms with E-state index in [1.54, 1.807) is 25.4 Å². The molecule has 0 atom stereocenters. The number of amides is 1. The summed E-state index contributed by atoms with van der Waals surface area (Å²) in [5, 5.41) is 6.08. The van der Waals surface area contributed by atoms with Gasteiger partial charge in [-0.1, -0.05) is 29.8 Å². The first-order chi connectivity index (χ1) is 14.1. The third-order valence-corrected chi connectivity index (χ3v) is 4.34. The third-order valence-electron chi connectivity index (χ3n) is 4.34. The summed E-state index contributed by atoms with van der Waals surface area (Å²) < 4.78 is 10.8. The van der Waals surface area contributed by atoms with Crippen LogP contribution in [0.15, 0.2) is 66.9 Å². The molecule has 2 aromatic carbocycles. The summed E-state index contributed by atoms with van der Waals surface area (Å²) in [5.74, 6) is 2.12. The van der Waals surface area contributed by atoms with Gasteiger partial charge in [0.25, 0.3) is 5.91 Å². The number of aromatic nitrogens is 1. The van der Waals surface area contributed by atoms with Gasteiger partial charge in [0.05, 0.1) is 19.2 Å². The number of hydrogen-bond donors (Lipinski definition) is 2. The van der Waals surface area contributed by atoms with E-state index in [4.69, 9.17) is 9.47 Å². The van der Waals surface area contributed by atoms with E-state index in [9.17, 15) is 4.79 Å². The number of nitrogens with zero attached hydrogens (tertiary/aromatic N) is 1. The minimum absolute atomic E-state index is 0.146. The number of carbonyl (C=O) groups excluding carboxylic acids is 1. The van der Waals surface area contributed by atoms with E-state index in [0.717, 1.165) is 17.1 Å². The van der Waals surface area contributed by atoms with Gasteiger partial charge < -0.3 is 20.1 Å². The van der Waals surface area contributed by atoms with Crippen LogP contribution in [-0.2, 0) is 6.54 Å². The second-order valence-electron chi connectivity index (χ2n) is 6.55. The van der Waals surface area contributed by atoms with Gasteiger partial charge in [-0.15, -0.1) is 0 Å². The molecule has 0 aliphatic heterocycles. The van der Waals surface area contributed by atoms with Crippen molar-refractivity contribution in [3.8, 4) is 11.5 Å². The van der Waals surface area contributed by atoms with Crippen LogP contribution >= 0.6 is 0 Å². The van der Waals surface area contributed by atoms with Crippen LogP contribution in [0.1, 0.15) is 21.5 Å². The molecule has 0 aliphatic rings. The van der Waals surface area contributed by atoms with Crippen LogP contribution in [0.4, 0.5) is 5.82 Å². The molecule has 2 N–H and O–H groups in total. The molecule has 1 heterocycles. The normalized spacial score (nSPS) is 10.3. The maximum atomic E-state index is 12.3. The largest absolute Gasteiger partial charge is 0.497 e. The number of carbonyl (C=O) groups is 1. The van der Waals surface area contributed by atoms with E-state index in [0.29, 0.717) is 31.1 Å². The Labute approximate surface area is 170 Å².